The molecule has 0 bridgehead atoms. The molecular formula is C14H13BrCl2N2. The molecular weight excluding hydrogens is 347 g/mol. The van der Waals surface area contributed by atoms with E-state index in [0.29, 0.717) is 5.88 Å². The molecule has 0 spiro atoms. The summed E-state index contributed by atoms with van der Waals surface area (Å²) in [7, 11) is 2.00. The van der Waals surface area contributed by atoms with Gasteiger partial charge in [-0.1, -0.05) is 23.7 Å². The molecule has 1 aromatic carbocycles. The number of hydrogen-bond donors (Lipinski definition) is 0. The first-order chi connectivity index (χ1) is 9.10. The predicted molar refractivity (Wildman–Crippen MR) is 85.1 cm³/mol. The molecule has 0 unspecified atom stereocenters. The summed E-state index contributed by atoms with van der Waals surface area (Å²) >= 11 is 15.3. The summed E-state index contributed by atoms with van der Waals surface area (Å²) in [5.74, 6) is 1.33. The van der Waals surface area contributed by atoms with Crippen LogP contribution in [0.3, 0.4) is 0 Å². The maximum atomic E-state index is 5.97. The Balaban J connectivity index is 2.19. The molecule has 0 aliphatic rings. The van der Waals surface area contributed by atoms with Gasteiger partial charge in [-0.2, -0.15) is 0 Å². The lowest BCUT2D eigenvalue weighted by atomic mass is 10.2. The minimum atomic E-state index is 0.437. The van der Waals surface area contributed by atoms with Crippen LogP contribution in [0.2, 0.25) is 5.02 Å². The van der Waals surface area contributed by atoms with Crippen LogP contribution in [0.4, 0.5) is 5.82 Å². The largest absolute Gasteiger partial charge is 0.355 e. The van der Waals surface area contributed by atoms with Crippen molar-refractivity contribution in [3.8, 4) is 0 Å². The minimum Gasteiger partial charge on any atom is -0.355 e. The quantitative estimate of drug-likeness (QED) is 0.723. The van der Waals surface area contributed by atoms with E-state index in [9.17, 15) is 0 Å². The number of anilines is 1. The van der Waals surface area contributed by atoms with E-state index in [4.69, 9.17) is 23.2 Å². The lowest BCUT2D eigenvalue weighted by Crippen LogP contribution is -2.19. The van der Waals surface area contributed by atoms with E-state index < -0.39 is 0 Å². The van der Waals surface area contributed by atoms with E-state index in [-0.39, 0.29) is 0 Å². The number of aromatic nitrogens is 1. The third kappa shape index (κ3) is 3.85. The van der Waals surface area contributed by atoms with E-state index in [1.807, 2.05) is 37.4 Å². The first-order valence-electron chi connectivity index (χ1n) is 5.76. The second-order valence-corrected chi connectivity index (χ2v) is 5.87. The summed E-state index contributed by atoms with van der Waals surface area (Å²) in [6.07, 6.45) is 1.78. The van der Waals surface area contributed by atoms with Crippen LogP contribution in [-0.2, 0) is 12.4 Å². The Morgan fingerprint density at radius 2 is 1.95 bits per heavy atom. The van der Waals surface area contributed by atoms with Crippen LogP contribution in [0.5, 0.6) is 0 Å². The Labute approximate surface area is 131 Å². The molecule has 0 fully saturated rings. The molecule has 0 atom stereocenters. The average Bonchev–Trinajstić information content (AvgIpc) is 2.41. The SMILES string of the molecule is CN(Cc1ccc(Cl)cc1)c1ncc(Br)cc1CCl. The molecule has 0 saturated heterocycles. The van der Waals surface area contributed by atoms with Crippen LogP contribution in [0.1, 0.15) is 11.1 Å². The molecule has 2 aromatic rings. The number of rotatable bonds is 4. The van der Waals surface area contributed by atoms with Crippen molar-refractivity contribution in [3.05, 3.63) is 57.2 Å². The zero-order chi connectivity index (χ0) is 13.8. The molecule has 0 amide bonds. The van der Waals surface area contributed by atoms with Crippen LogP contribution in [0.15, 0.2) is 41.0 Å². The standard InChI is InChI=1S/C14H13BrCl2N2/c1-19(9-10-2-4-13(17)5-3-10)14-11(7-16)6-12(15)8-18-14/h2-6,8H,7,9H2,1H3. The van der Waals surface area contributed by atoms with Crippen molar-refractivity contribution in [3.63, 3.8) is 0 Å². The van der Waals surface area contributed by atoms with Crippen molar-refractivity contribution in [2.75, 3.05) is 11.9 Å². The fraction of sp³-hybridized carbons (Fsp3) is 0.214. The van der Waals surface area contributed by atoms with Crippen LogP contribution in [0.25, 0.3) is 0 Å². The van der Waals surface area contributed by atoms with Gasteiger partial charge in [0.05, 0.1) is 5.88 Å². The van der Waals surface area contributed by atoms with Gasteiger partial charge in [0.25, 0.3) is 0 Å². The van der Waals surface area contributed by atoms with Gasteiger partial charge in [-0.05, 0) is 39.7 Å². The van der Waals surface area contributed by atoms with Crippen molar-refractivity contribution in [2.45, 2.75) is 12.4 Å². The number of pyridine rings is 1. The molecule has 0 radical (unpaired) electrons. The molecule has 0 saturated carbocycles. The number of benzene rings is 1. The summed E-state index contributed by atoms with van der Waals surface area (Å²) in [4.78, 5) is 6.51. The Kier molecular flexibility index (Phi) is 5.08. The van der Waals surface area contributed by atoms with Gasteiger partial charge in [0.1, 0.15) is 5.82 Å². The van der Waals surface area contributed by atoms with Crippen molar-refractivity contribution in [1.29, 1.82) is 0 Å². The fourth-order valence-electron chi connectivity index (χ4n) is 1.85. The van der Waals surface area contributed by atoms with Gasteiger partial charge in [-0.15, -0.1) is 11.6 Å². The van der Waals surface area contributed by atoms with E-state index in [0.717, 1.165) is 27.4 Å². The summed E-state index contributed by atoms with van der Waals surface area (Å²) < 4.78 is 0.937. The average molecular weight is 360 g/mol. The lowest BCUT2D eigenvalue weighted by Gasteiger charge is -2.21. The maximum absolute atomic E-state index is 5.97. The Hall–Kier alpha value is -0.770. The van der Waals surface area contributed by atoms with E-state index in [1.54, 1.807) is 6.20 Å². The molecule has 19 heavy (non-hydrogen) atoms. The molecule has 0 aliphatic carbocycles. The summed E-state index contributed by atoms with van der Waals surface area (Å²) in [6, 6.07) is 9.80. The second-order valence-electron chi connectivity index (χ2n) is 4.25. The van der Waals surface area contributed by atoms with Gasteiger partial charge in [0.2, 0.25) is 0 Å². The zero-order valence-corrected chi connectivity index (χ0v) is 13.5. The van der Waals surface area contributed by atoms with Gasteiger partial charge in [-0.25, -0.2) is 4.98 Å². The van der Waals surface area contributed by atoms with Gasteiger partial charge in [0, 0.05) is 34.8 Å². The van der Waals surface area contributed by atoms with E-state index >= 15 is 0 Å². The minimum absolute atomic E-state index is 0.437. The second kappa shape index (κ2) is 6.60. The molecule has 2 rings (SSSR count). The third-order valence-corrected chi connectivity index (χ3v) is 3.72. The highest BCUT2D eigenvalue weighted by Crippen LogP contribution is 2.23. The highest BCUT2D eigenvalue weighted by molar-refractivity contribution is 9.10. The number of hydrogen-bond acceptors (Lipinski definition) is 2. The molecule has 2 nitrogen and oxygen atoms in total. The van der Waals surface area contributed by atoms with Gasteiger partial charge >= 0.3 is 0 Å². The van der Waals surface area contributed by atoms with Crippen LogP contribution in [0, 0.1) is 0 Å². The van der Waals surface area contributed by atoms with Crippen molar-refractivity contribution >= 4 is 44.9 Å². The van der Waals surface area contributed by atoms with Gasteiger partial charge in [-0.3, -0.25) is 0 Å². The fourth-order valence-corrected chi connectivity index (χ4v) is 2.56. The molecule has 0 aliphatic heterocycles. The van der Waals surface area contributed by atoms with Crippen LogP contribution >= 0.6 is 39.1 Å². The van der Waals surface area contributed by atoms with Crippen molar-refractivity contribution in [2.24, 2.45) is 0 Å². The monoisotopic (exact) mass is 358 g/mol. The highest BCUT2D eigenvalue weighted by atomic mass is 79.9. The lowest BCUT2D eigenvalue weighted by molar-refractivity contribution is 0.888. The highest BCUT2D eigenvalue weighted by Gasteiger charge is 2.09. The molecule has 0 N–H and O–H groups in total. The Morgan fingerprint density at radius 1 is 1.26 bits per heavy atom. The summed E-state index contributed by atoms with van der Waals surface area (Å²) in [5.41, 5.74) is 2.18. The zero-order valence-electron chi connectivity index (χ0n) is 10.4. The third-order valence-electron chi connectivity index (χ3n) is 2.75. The van der Waals surface area contributed by atoms with Gasteiger partial charge in [0.15, 0.2) is 0 Å². The smallest absolute Gasteiger partial charge is 0.133 e. The molecule has 5 heteroatoms. The van der Waals surface area contributed by atoms with Crippen molar-refractivity contribution in [1.82, 2.24) is 4.98 Å². The summed E-state index contributed by atoms with van der Waals surface area (Å²) in [5, 5.41) is 0.745. The van der Waals surface area contributed by atoms with Crippen LogP contribution in [-0.4, -0.2) is 12.0 Å². The van der Waals surface area contributed by atoms with E-state index in [1.165, 1.54) is 5.56 Å². The Bertz CT molecular complexity index is 558. The van der Waals surface area contributed by atoms with E-state index in [2.05, 4.69) is 25.8 Å². The predicted octanol–water partition coefficient (Wildman–Crippen LogP) is 4.87. The normalized spacial score (nSPS) is 10.5. The van der Waals surface area contributed by atoms with Crippen LogP contribution < -0.4 is 4.90 Å². The van der Waals surface area contributed by atoms with Gasteiger partial charge < -0.3 is 4.90 Å². The number of alkyl halides is 1. The molecule has 1 heterocycles. The van der Waals surface area contributed by atoms with Crippen molar-refractivity contribution < 1.29 is 0 Å². The number of halogens is 3. The first-order valence-corrected chi connectivity index (χ1v) is 7.46. The topological polar surface area (TPSA) is 16.1 Å². The first kappa shape index (κ1) is 14.6. The molecule has 100 valence electrons. The maximum Gasteiger partial charge on any atom is 0.133 e. The molecule has 1 aromatic heterocycles. The summed E-state index contributed by atoms with van der Waals surface area (Å²) in [6.45, 7) is 0.760. The Morgan fingerprint density at radius 3 is 2.58 bits per heavy atom. The number of nitrogens with zero attached hydrogens (tertiary/aromatic N) is 2.